The van der Waals surface area contributed by atoms with E-state index >= 15 is 0 Å². The molecule has 0 aliphatic heterocycles. The van der Waals surface area contributed by atoms with E-state index in [1.165, 1.54) is 0 Å². The second-order valence-electron chi connectivity index (χ2n) is 4.02. The van der Waals surface area contributed by atoms with Gasteiger partial charge in [0.25, 0.3) is 0 Å². The van der Waals surface area contributed by atoms with E-state index in [0.29, 0.717) is 4.47 Å². The smallest absolute Gasteiger partial charge is 0.229 e. The minimum Gasteiger partial charge on any atom is -0.506 e. The van der Waals surface area contributed by atoms with Gasteiger partial charge in [-0.05, 0) is 59.0 Å². The molecule has 17 heavy (non-hydrogen) atoms. The van der Waals surface area contributed by atoms with Gasteiger partial charge in [0.1, 0.15) is 5.75 Å². The highest BCUT2D eigenvalue weighted by Crippen LogP contribution is 2.42. The fraction of sp³-hybridized carbons (Fsp3) is 0.250. The van der Waals surface area contributed by atoms with Gasteiger partial charge in [0.05, 0.1) is 16.2 Å². The molecule has 0 bridgehead atoms. The average molecular weight is 297 g/mol. The number of benzene rings is 1. The number of rotatable bonds is 1. The highest BCUT2D eigenvalue weighted by Gasteiger charge is 2.19. The van der Waals surface area contributed by atoms with Crippen molar-refractivity contribution in [1.82, 2.24) is 5.16 Å². The van der Waals surface area contributed by atoms with Crippen LogP contribution in [0.15, 0.2) is 15.2 Å². The number of nitrogens with two attached hydrogens (primary N) is 1. The summed E-state index contributed by atoms with van der Waals surface area (Å²) < 4.78 is 5.57. The molecule has 1 aromatic carbocycles. The number of anilines is 1. The van der Waals surface area contributed by atoms with Crippen LogP contribution in [0.2, 0.25) is 0 Å². The van der Waals surface area contributed by atoms with E-state index in [9.17, 15) is 5.11 Å². The van der Waals surface area contributed by atoms with E-state index in [1.807, 2.05) is 20.8 Å². The van der Waals surface area contributed by atoms with Gasteiger partial charge in [-0.1, -0.05) is 5.16 Å². The van der Waals surface area contributed by atoms with Crippen molar-refractivity contribution in [3.63, 3.8) is 0 Å². The molecule has 0 amide bonds. The van der Waals surface area contributed by atoms with Crippen LogP contribution in [-0.4, -0.2) is 10.3 Å². The van der Waals surface area contributed by atoms with Gasteiger partial charge in [0, 0.05) is 0 Å². The summed E-state index contributed by atoms with van der Waals surface area (Å²) in [6.07, 6.45) is 1.59. The van der Waals surface area contributed by atoms with Crippen LogP contribution in [-0.2, 0) is 0 Å². The van der Waals surface area contributed by atoms with Gasteiger partial charge in [0.15, 0.2) is 0 Å². The first-order chi connectivity index (χ1) is 7.95. The number of aromatic hydroxyl groups is 1. The van der Waals surface area contributed by atoms with Crippen molar-refractivity contribution in [2.24, 2.45) is 0 Å². The van der Waals surface area contributed by atoms with Gasteiger partial charge in [-0.25, -0.2) is 0 Å². The van der Waals surface area contributed by atoms with Crippen molar-refractivity contribution in [2.45, 2.75) is 20.8 Å². The molecule has 0 radical (unpaired) electrons. The number of phenolic OH excluding ortho intramolecular Hbond substituents is 1. The lowest BCUT2D eigenvalue weighted by Gasteiger charge is -2.15. The predicted molar refractivity (Wildman–Crippen MR) is 69.9 cm³/mol. The summed E-state index contributed by atoms with van der Waals surface area (Å²) in [6.45, 7) is 5.72. The Labute approximate surface area is 108 Å². The van der Waals surface area contributed by atoms with Gasteiger partial charge >= 0.3 is 0 Å². The molecule has 2 rings (SSSR count). The number of aromatic nitrogens is 1. The first kappa shape index (κ1) is 12.0. The normalized spacial score (nSPS) is 10.8. The zero-order valence-corrected chi connectivity index (χ0v) is 11.4. The molecule has 1 heterocycles. The monoisotopic (exact) mass is 296 g/mol. The zero-order valence-electron chi connectivity index (χ0n) is 9.84. The molecule has 0 saturated heterocycles. The molecule has 1 aromatic heterocycles. The largest absolute Gasteiger partial charge is 0.506 e. The second-order valence-corrected chi connectivity index (χ2v) is 4.81. The summed E-state index contributed by atoms with van der Waals surface area (Å²) in [5, 5.41) is 13.6. The third-order valence-corrected chi connectivity index (χ3v) is 4.04. The second kappa shape index (κ2) is 4.07. The number of nitrogens with zero attached hydrogens (tertiary/aromatic N) is 1. The van der Waals surface area contributed by atoms with Crippen LogP contribution in [0.1, 0.15) is 16.7 Å². The molecule has 2 aromatic rings. The number of hydrogen-bond donors (Lipinski definition) is 2. The topological polar surface area (TPSA) is 72.3 Å². The molecule has 0 saturated carbocycles. The molecule has 4 nitrogen and oxygen atoms in total. The van der Waals surface area contributed by atoms with Crippen LogP contribution in [0.5, 0.6) is 5.75 Å². The number of phenols is 1. The molecule has 90 valence electrons. The summed E-state index contributed by atoms with van der Waals surface area (Å²) in [6, 6.07) is 0. The van der Waals surface area contributed by atoms with Gasteiger partial charge in [0.2, 0.25) is 5.88 Å². The fourth-order valence-electron chi connectivity index (χ4n) is 1.94. The van der Waals surface area contributed by atoms with E-state index in [0.717, 1.165) is 27.8 Å². The van der Waals surface area contributed by atoms with E-state index < -0.39 is 0 Å². The lowest BCUT2D eigenvalue weighted by atomic mass is 9.93. The van der Waals surface area contributed by atoms with Gasteiger partial charge < -0.3 is 15.4 Å². The van der Waals surface area contributed by atoms with Crippen molar-refractivity contribution < 1.29 is 9.63 Å². The molecule has 0 atom stereocenters. The lowest BCUT2D eigenvalue weighted by molar-refractivity contribution is 0.436. The highest BCUT2D eigenvalue weighted by molar-refractivity contribution is 9.10. The Morgan fingerprint density at radius 3 is 2.41 bits per heavy atom. The van der Waals surface area contributed by atoms with Crippen molar-refractivity contribution >= 4 is 21.8 Å². The first-order valence-electron chi connectivity index (χ1n) is 5.13. The van der Waals surface area contributed by atoms with Crippen LogP contribution >= 0.6 is 15.9 Å². The van der Waals surface area contributed by atoms with Crippen molar-refractivity contribution in [2.75, 3.05) is 5.73 Å². The van der Waals surface area contributed by atoms with Crippen LogP contribution in [0.4, 0.5) is 5.88 Å². The summed E-state index contributed by atoms with van der Waals surface area (Å²) in [5.41, 5.74) is 10.2. The van der Waals surface area contributed by atoms with Crippen molar-refractivity contribution in [3.8, 4) is 16.9 Å². The number of halogens is 1. The zero-order chi connectivity index (χ0) is 12.7. The Morgan fingerprint density at radius 2 is 1.88 bits per heavy atom. The van der Waals surface area contributed by atoms with Gasteiger partial charge in [-0.3, -0.25) is 0 Å². The molecular formula is C12H13BrN2O2. The van der Waals surface area contributed by atoms with Crippen LogP contribution in [0, 0.1) is 20.8 Å². The Morgan fingerprint density at radius 1 is 1.24 bits per heavy atom. The average Bonchev–Trinajstić information content (AvgIpc) is 2.71. The maximum atomic E-state index is 9.94. The van der Waals surface area contributed by atoms with E-state index in [1.54, 1.807) is 6.20 Å². The van der Waals surface area contributed by atoms with E-state index in [-0.39, 0.29) is 11.6 Å². The van der Waals surface area contributed by atoms with E-state index in [4.69, 9.17) is 10.3 Å². The molecule has 3 N–H and O–H groups in total. The van der Waals surface area contributed by atoms with Crippen LogP contribution < -0.4 is 5.73 Å². The maximum Gasteiger partial charge on any atom is 0.229 e. The Bertz CT molecular complexity index is 561. The van der Waals surface area contributed by atoms with Crippen molar-refractivity contribution in [1.29, 1.82) is 0 Å². The Kier molecular flexibility index (Phi) is 2.87. The maximum absolute atomic E-state index is 9.94. The number of nitrogen functional groups attached to an aromatic ring is 1. The molecule has 0 fully saturated rings. The minimum absolute atomic E-state index is 0.263. The summed E-state index contributed by atoms with van der Waals surface area (Å²) in [7, 11) is 0. The standard InChI is InChI=1S/C12H13BrN2O2/c1-5-6(2)11(16)10(13)7(3)9(5)8-4-15-17-12(8)14/h4,16H,14H2,1-3H3. The first-order valence-corrected chi connectivity index (χ1v) is 5.93. The third kappa shape index (κ3) is 1.70. The summed E-state index contributed by atoms with van der Waals surface area (Å²) in [4.78, 5) is 0. The molecule has 0 aliphatic carbocycles. The van der Waals surface area contributed by atoms with Crippen LogP contribution in [0.25, 0.3) is 11.1 Å². The Balaban J connectivity index is 2.84. The predicted octanol–water partition coefficient (Wildman–Crippen LogP) is 3.32. The molecule has 5 heteroatoms. The van der Waals surface area contributed by atoms with Gasteiger partial charge in [-0.2, -0.15) is 0 Å². The van der Waals surface area contributed by atoms with Crippen molar-refractivity contribution in [3.05, 3.63) is 27.4 Å². The highest BCUT2D eigenvalue weighted by atomic mass is 79.9. The molecular weight excluding hydrogens is 284 g/mol. The molecule has 0 unspecified atom stereocenters. The van der Waals surface area contributed by atoms with Gasteiger partial charge in [-0.15, -0.1) is 0 Å². The third-order valence-electron chi connectivity index (χ3n) is 3.07. The van der Waals surface area contributed by atoms with E-state index in [2.05, 4.69) is 21.1 Å². The minimum atomic E-state index is 0.263. The quantitative estimate of drug-likeness (QED) is 0.847. The lowest BCUT2D eigenvalue weighted by Crippen LogP contribution is -1.96. The Hall–Kier alpha value is -1.49. The molecule has 0 aliphatic rings. The summed E-state index contributed by atoms with van der Waals surface area (Å²) >= 11 is 3.38. The van der Waals surface area contributed by atoms with Crippen LogP contribution in [0.3, 0.4) is 0 Å². The molecule has 0 spiro atoms. The summed E-state index contributed by atoms with van der Waals surface area (Å²) in [5.74, 6) is 0.548. The SMILES string of the molecule is Cc1c(C)c(-c2cnoc2N)c(C)c(Br)c1O. The fourth-order valence-corrected chi connectivity index (χ4v) is 2.43. The number of hydrogen-bond acceptors (Lipinski definition) is 4.